The largest absolute Gasteiger partial charge is 0.310 e. The molecular formula is C58H49BN2. The van der Waals surface area contributed by atoms with E-state index in [2.05, 4.69) is 216 Å². The van der Waals surface area contributed by atoms with E-state index in [9.17, 15) is 0 Å². The second-order valence-electron chi connectivity index (χ2n) is 19.9. The molecular weight excluding hydrogens is 735 g/mol. The van der Waals surface area contributed by atoms with E-state index in [-0.39, 0.29) is 17.5 Å². The lowest BCUT2D eigenvalue weighted by atomic mass is 9.33. The lowest BCUT2D eigenvalue weighted by Crippen LogP contribution is -2.60. The molecule has 8 aromatic carbocycles. The van der Waals surface area contributed by atoms with Crippen LogP contribution in [-0.2, 0) is 10.8 Å². The third-order valence-electron chi connectivity index (χ3n) is 14.0. The van der Waals surface area contributed by atoms with Crippen LogP contribution in [0.5, 0.6) is 0 Å². The summed E-state index contributed by atoms with van der Waals surface area (Å²) >= 11 is 0. The molecule has 0 amide bonds. The fourth-order valence-corrected chi connectivity index (χ4v) is 11.1. The van der Waals surface area contributed by atoms with Crippen molar-refractivity contribution in [2.24, 2.45) is 0 Å². The summed E-state index contributed by atoms with van der Waals surface area (Å²) in [5.41, 5.74) is 23.5. The Labute approximate surface area is 359 Å². The zero-order valence-corrected chi connectivity index (χ0v) is 36.4. The minimum Gasteiger partial charge on any atom is -0.310 e. The molecule has 2 nitrogen and oxygen atoms in total. The molecule has 0 saturated carbocycles. The van der Waals surface area contributed by atoms with Crippen molar-refractivity contribution in [2.45, 2.75) is 66.2 Å². The van der Waals surface area contributed by atoms with E-state index in [0.717, 1.165) is 0 Å². The molecule has 2 aromatic heterocycles. The summed E-state index contributed by atoms with van der Waals surface area (Å²) in [6, 6.07) is 58.1. The number of rotatable bonds is 3. The van der Waals surface area contributed by atoms with Crippen molar-refractivity contribution in [2.75, 3.05) is 0 Å². The molecule has 12 rings (SSSR count). The predicted molar refractivity (Wildman–Crippen MR) is 263 cm³/mol. The molecule has 61 heavy (non-hydrogen) atoms. The molecule has 0 atom stereocenters. The van der Waals surface area contributed by atoms with Gasteiger partial charge in [0.05, 0.1) is 16.7 Å². The number of benzene rings is 8. The summed E-state index contributed by atoms with van der Waals surface area (Å²) in [5.74, 6) is 0. The first-order chi connectivity index (χ1) is 29.4. The molecule has 0 spiro atoms. The molecule has 10 aromatic rings. The van der Waals surface area contributed by atoms with Crippen LogP contribution in [0.3, 0.4) is 0 Å². The number of hydrogen-bond donors (Lipinski definition) is 0. The Morgan fingerprint density at radius 2 is 1.05 bits per heavy atom. The Hall–Kier alpha value is -6.58. The summed E-state index contributed by atoms with van der Waals surface area (Å²) in [6.07, 6.45) is 0. The standard InChI is InChI=1S/C58H49BN2/c1-34-18-17-19-35(2)50(34)56-51(37-22-13-10-14-23-37)45-28-38-24-15-16-25-42(38)52-55(45)61(56)49-30-39(36-20-11-9-12-21-36)29-48-53(49)59(52)46-33-41(58(6,7)8)32-44-43-31-40(57(3,4)5)26-27-47(43)60(48)54(44)46/h9-33H,1-8H3. The third-order valence-corrected chi connectivity index (χ3v) is 14.0. The van der Waals surface area contributed by atoms with Crippen LogP contribution in [0.4, 0.5) is 0 Å². The van der Waals surface area contributed by atoms with Gasteiger partial charge in [-0.2, -0.15) is 0 Å². The van der Waals surface area contributed by atoms with Gasteiger partial charge in [0.1, 0.15) is 0 Å². The third kappa shape index (κ3) is 5.04. The summed E-state index contributed by atoms with van der Waals surface area (Å²) < 4.78 is 5.35. The van der Waals surface area contributed by atoms with Gasteiger partial charge in [-0.1, -0.05) is 157 Å². The van der Waals surface area contributed by atoms with E-state index in [1.54, 1.807) is 0 Å². The van der Waals surface area contributed by atoms with E-state index in [1.165, 1.54) is 127 Å². The Bertz CT molecular complexity index is 3470. The lowest BCUT2D eigenvalue weighted by Gasteiger charge is -2.36. The second kappa shape index (κ2) is 12.5. The molecule has 2 aliphatic heterocycles. The molecule has 0 bridgehead atoms. The van der Waals surface area contributed by atoms with Gasteiger partial charge in [-0.15, -0.1) is 0 Å². The predicted octanol–water partition coefficient (Wildman–Crippen LogP) is 13.2. The van der Waals surface area contributed by atoms with Crippen molar-refractivity contribution in [3.63, 3.8) is 0 Å². The summed E-state index contributed by atoms with van der Waals surface area (Å²) in [6.45, 7) is 18.7. The van der Waals surface area contributed by atoms with Gasteiger partial charge in [0, 0.05) is 44.2 Å². The van der Waals surface area contributed by atoms with Crippen molar-refractivity contribution in [1.82, 2.24) is 9.13 Å². The number of fused-ring (bicyclic) bond motifs is 9. The SMILES string of the molecule is Cc1cccc(C)c1-c1c(-c2ccccc2)c2cc3ccccc3c3c2n1-c1cc(-c2ccccc2)cc2c1B3c1cc(C(C)(C)C)cc3c4cc(C(C)(C)C)ccc4n-2c13. The van der Waals surface area contributed by atoms with Crippen LogP contribution in [0.1, 0.15) is 63.8 Å². The lowest BCUT2D eigenvalue weighted by molar-refractivity contribution is 0.590. The Morgan fingerprint density at radius 1 is 0.426 bits per heavy atom. The highest BCUT2D eigenvalue weighted by Gasteiger charge is 2.44. The fourth-order valence-electron chi connectivity index (χ4n) is 11.1. The minimum atomic E-state index is -0.0556. The monoisotopic (exact) mass is 784 g/mol. The molecule has 0 aliphatic carbocycles. The number of aromatic nitrogens is 2. The number of hydrogen-bond acceptors (Lipinski definition) is 0. The normalized spacial score (nSPS) is 13.2. The van der Waals surface area contributed by atoms with Crippen LogP contribution in [-0.4, -0.2) is 15.8 Å². The maximum Gasteiger partial charge on any atom is 0.253 e. The van der Waals surface area contributed by atoms with Gasteiger partial charge in [0.15, 0.2) is 0 Å². The number of nitrogens with zero attached hydrogens (tertiary/aromatic N) is 2. The van der Waals surface area contributed by atoms with E-state index in [1.807, 2.05) is 0 Å². The van der Waals surface area contributed by atoms with Crippen molar-refractivity contribution in [3.8, 4) is 44.9 Å². The Balaban J connectivity index is 1.37. The van der Waals surface area contributed by atoms with Gasteiger partial charge in [-0.25, -0.2) is 0 Å². The maximum atomic E-state index is 2.70. The first kappa shape index (κ1) is 36.3. The van der Waals surface area contributed by atoms with Gasteiger partial charge in [-0.05, 0) is 127 Å². The van der Waals surface area contributed by atoms with Crippen LogP contribution in [0.25, 0.3) is 88.4 Å². The minimum absolute atomic E-state index is 0.00367. The van der Waals surface area contributed by atoms with Gasteiger partial charge >= 0.3 is 0 Å². The van der Waals surface area contributed by atoms with E-state index < -0.39 is 0 Å². The summed E-state index contributed by atoms with van der Waals surface area (Å²) in [7, 11) is 0. The van der Waals surface area contributed by atoms with Crippen LogP contribution in [0.15, 0.2) is 152 Å². The van der Waals surface area contributed by atoms with Crippen molar-refractivity contribution >= 4 is 66.6 Å². The van der Waals surface area contributed by atoms with Crippen molar-refractivity contribution in [3.05, 3.63) is 174 Å². The summed E-state index contributed by atoms with van der Waals surface area (Å²) in [4.78, 5) is 0. The molecule has 0 N–H and O–H groups in total. The zero-order valence-electron chi connectivity index (χ0n) is 36.4. The average molecular weight is 785 g/mol. The highest BCUT2D eigenvalue weighted by atomic mass is 15.0. The van der Waals surface area contributed by atoms with Gasteiger partial charge < -0.3 is 9.13 Å². The topological polar surface area (TPSA) is 9.86 Å². The smallest absolute Gasteiger partial charge is 0.253 e. The highest BCUT2D eigenvalue weighted by Crippen LogP contribution is 2.49. The van der Waals surface area contributed by atoms with Gasteiger partial charge in [-0.3, -0.25) is 0 Å². The molecule has 4 heterocycles. The second-order valence-corrected chi connectivity index (χ2v) is 19.9. The molecule has 294 valence electrons. The van der Waals surface area contributed by atoms with Crippen LogP contribution < -0.4 is 16.4 Å². The molecule has 0 fully saturated rings. The fraction of sp³-hybridized carbons (Fsp3) is 0.172. The molecule has 2 aliphatic rings. The quantitative estimate of drug-likeness (QED) is 0.158. The summed E-state index contributed by atoms with van der Waals surface area (Å²) in [5, 5.41) is 6.59. The van der Waals surface area contributed by atoms with Crippen LogP contribution in [0, 0.1) is 13.8 Å². The van der Waals surface area contributed by atoms with Gasteiger partial charge in [0.25, 0.3) is 6.71 Å². The molecule has 3 heteroatoms. The van der Waals surface area contributed by atoms with Crippen LogP contribution >= 0.6 is 0 Å². The van der Waals surface area contributed by atoms with Crippen molar-refractivity contribution in [1.29, 1.82) is 0 Å². The van der Waals surface area contributed by atoms with E-state index >= 15 is 0 Å². The first-order valence-electron chi connectivity index (χ1n) is 22.0. The average Bonchev–Trinajstić information content (AvgIpc) is 3.76. The highest BCUT2D eigenvalue weighted by molar-refractivity contribution is 7.01. The van der Waals surface area contributed by atoms with Crippen LogP contribution in [0.2, 0.25) is 0 Å². The molecule has 0 saturated heterocycles. The Morgan fingerprint density at radius 3 is 1.74 bits per heavy atom. The van der Waals surface area contributed by atoms with E-state index in [0.29, 0.717) is 0 Å². The molecule has 0 radical (unpaired) electrons. The van der Waals surface area contributed by atoms with Gasteiger partial charge in [0.2, 0.25) is 0 Å². The maximum absolute atomic E-state index is 2.70. The zero-order chi connectivity index (χ0) is 41.7. The first-order valence-corrected chi connectivity index (χ1v) is 22.0. The molecule has 0 unspecified atom stereocenters. The van der Waals surface area contributed by atoms with Crippen molar-refractivity contribution < 1.29 is 0 Å². The van der Waals surface area contributed by atoms with E-state index in [4.69, 9.17) is 0 Å². The number of aryl methyl sites for hydroxylation is 2. The Kier molecular flexibility index (Phi) is 7.43.